The SMILES string of the molecule is COc1ccc(NC(C)=O)cc1NC(=O)COc1ccc(C(N)=O)cc1. The Morgan fingerprint density at radius 3 is 2.31 bits per heavy atom. The molecule has 8 nitrogen and oxygen atoms in total. The van der Waals surface area contributed by atoms with E-state index < -0.39 is 11.8 Å². The predicted molar refractivity (Wildman–Crippen MR) is 96.4 cm³/mol. The summed E-state index contributed by atoms with van der Waals surface area (Å²) in [6, 6.07) is 11.0. The van der Waals surface area contributed by atoms with E-state index in [4.69, 9.17) is 15.2 Å². The third-order valence-corrected chi connectivity index (χ3v) is 3.30. The molecule has 2 aromatic carbocycles. The average Bonchev–Trinajstić information content (AvgIpc) is 2.60. The van der Waals surface area contributed by atoms with Crippen molar-refractivity contribution in [2.75, 3.05) is 24.4 Å². The van der Waals surface area contributed by atoms with Crippen molar-refractivity contribution < 1.29 is 23.9 Å². The van der Waals surface area contributed by atoms with Crippen molar-refractivity contribution in [2.45, 2.75) is 6.92 Å². The first-order chi connectivity index (χ1) is 12.4. The lowest BCUT2D eigenvalue weighted by atomic mass is 10.2. The van der Waals surface area contributed by atoms with Crippen LogP contribution >= 0.6 is 0 Å². The third-order valence-electron chi connectivity index (χ3n) is 3.30. The number of nitrogens with two attached hydrogens (primary N) is 1. The smallest absolute Gasteiger partial charge is 0.262 e. The molecule has 8 heteroatoms. The number of nitrogens with one attached hydrogen (secondary N) is 2. The molecule has 2 aromatic rings. The van der Waals surface area contributed by atoms with Crippen LogP contribution in [-0.4, -0.2) is 31.4 Å². The quantitative estimate of drug-likeness (QED) is 0.697. The van der Waals surface area contributed by atoms with Crippen LogP contribution in [0.5, 0.6) is 11.5 Å². The first-order valence-electron chi connectivity index (χ1n) is 7.67. The molecule has 3 amide bonds. The molecule has 0 aromatic heterocycles. The topological polar surface area (TPSA) is 120 Å². The maximum absolute atomic E-state index is 12.1. The summed E-state index contributed by atoms with van der Waals surface area (Å²) in [5.41, 5.74) is 6.43. The maximum atomic E-state index is 12.1. The van der Waals surface area contributed by atoms with Gasteiger partial charge in [0.25, 0.3) is 5.91 Å². The summed E-state index contributed by atoms with van der Waals surface area (Å²) in [7, 11) is 1.47. The predicted octanol–water partition coefficient (Wildman–Crippen LogP) is 1.77. The number of ether oxygens (including phenoxy) is 2. The van der Waals surface area contributed by atoms with Crippen molar-refractivity contribution >= 4 is 29.1 Å². The number of amides is 3. The Morgan fingerprint density at radius 1 is 1.04 bits per heavy atom. The first-order valence-corrected chi connectivity index (χ1v) is 7.67. The van der Waals surface area contributed by atoms with Gasteiger partial charge in [0.05, 0.1) is 12.8 Å². The molecule has 4 N–H and O–H groups in total. The number of carbonyl (C=O) groups excluding carboxylic acids is 3. The second-order valence-corrected chi connectivity index (χ2v) is 5.32. The summed E-state index contributed by atoms with van der Waals surface area (Å²) >= 11 is 0. The van der Waals surface area contributed by atoms with Gasteiger partial charge in [-0.15, -0.1) is 0 Å². The molecule has 136 valence electrons. The van der Waals surface area contributed by atoms with Crippen LogP contribution < -0.4 is 25.8 Å². The molecular weight excluding hydrogens is 338 g/mol. The van der Waals surface area contributed by atoms with Gasteiger partial charge in [0.1, 0.15) is 11.5 Å². The number of anilines is 2. The zero-order valence-electron chi connectivity index (χ0n) is 14.4. The number of hydrogen-bond acceptors (Lipinski definition) is 5. The molecule has 0 radical (unpaired) electrons. The van der Waals surface area contributed by atoms with Crippen molar-refractivity contribution in [3.63, 3.8) is 0 Å². The second-order valence-electron chi connectivity index (χ2n) is 5.32. The lowest BCUT2D eigenvalue weighted by Crippen LogP contribution is -2.20. The van der Waals surface area contributed by atoms with Crippen molar-refractivity contribution in [1.82, 2.24) is 0 Å². The highest BCUT2D eigenvalue weighted by Gasteiger charge is 2.10. The van der Waals surface area contributed by atoms with Crippen LogP contribution in [0, 0.1) is 0 Å². The molecule has 0 fully saturated rings. The molecule has 26 heavy (non-hydrogen) atoms. The van der Waals surface area contributed by atoms with E-state index in [-0.39, 0.29) is 12.5 Å². The number of carbonyl (C=O) groups is 3. The Bertz CT molecular complexity index is 818. The molecule has 0 saturated carbocycles. The van der Waals surface area contributed by atoms with E-state index >= 15 is 0 Å². The Hall–Kier alpha value is -3.55. The van der Waals surface area contributed by atoms with Crippen LogP contribution in [-0.2, 0) is 9.59 Å². The van der Waals surface area contributed by atoms with E-state index in [2.05, 4.69) is 10.6 Å². The highest BCUT2D eigenvalue weighted by Crippen LogP contribution is 2.27. The summed E-state index contributed by atoms with van der Waals surface area (Å²) in [6.07, 6.45) is 0. The van der Waals surface area contributed by atoms with E-state index in [1.54, 1.807) is 30.3 Å². The molecule has 2 rings (SSSR count). The molecule has 0 aliphatic rings. The summed E-state index contributed by atoms with van der Waals surface area (Å²) in [4.78, 5) is 34.3. The molecule has 0 atom stereocenters. The largest absolute Gasteiger partial charge is 0.495 e. The lowest BCUT2D eigenvalue weighted by molar-refractivity contribution is -0.118. The summed E-state index contributed by atoms with van der Waals surface area (Å²) < 4.78 is 10.6. The zero-order valence-corrected chi connectivity index (χ0v) is 14.4. The molecular formula is C18H19N3O5. The van der Waals surface area contributed by atoms with Crippen LogP contribution in [0.15, 0.2) is 42.5 Å². The standard InChI is InChI=1S/C18H19N3O5/c1-11(22)20-13-5-8-16(25-2)15(9-13)21-17(23)10-26-14-6-3-12(4-7-14)18(19)24/h3-9H,10H2,1-2H3,(H2,19,24)(H,20,22)(H,21,23). The lowest BCUT2D eigenvalue weighted by Gasteiger charge is -2.13. The number of methoxy groups -OCH3 is 1. The monoisotopic (exact) mass is 357 g/mol. The zero-order chi connectivity index (χ0) is 19.1. The van der Waals surface area contributed by atoms with E-state index in [0.29, 0.717) is 28.4 Å². The van der Waals surface area contributed by atoms with Gasteiger partial charge in [-0.2, -0.15) is 0 Å². The maximum Gasteiger partial charge on any atom is 0.262 e. The fourth-order valence-electron chi connectivity index (χ4n) is 2.14. The second kappa shape index (κ2) is 8.52. The van der Waals surface area contributed by atoms with Gasteiger partial charge in [-0.1, -0.05) is 0 Å². The molecule has 0 aliphatic heterocycles. The van der Waals surface area contributed by atoms with E-state index in [1.807, 2.05) is 0 Å². The van der Waals surface area contributed by atoms with Crippen LogP contribution in [0.2, 0.25) is 0 Å². The summed E-state index contributed by atoms with van der Waals surface area (Å²) in [5, 5.41) is 5.29. The van der Waals surface area contributed by atoms with Crippen LogP contribution in [0.4, 0.5) is 11.4 Å². The Kier molecular flexibility index (Phi) is 6.15. The van der Waals surface area contributed by atoms with E-state index in [1.165, 1.54) is 26.2 Å². The minimum absolute atomic E-state index is 0.227. The van der Waals surface area contributed by atoms with E-state index in [9.17, 15) is 14.4 Å². The average molecular weight is 357 g/mol. The van der Waals surface area contributed by atoms with Crippen molar-refractivity contribution in [2.24, 2.45) is 5.73 Å². The van der Waals surface area contributed by atoms with Gasteiger partial charge in [0, 0.05) is 18.2 Å². The molecule has 0 spiro atoms. The number of rotatable bonds is 7. The van der Waals surface area contributed by atoms with Gasteiger partial charge in [0.2, 0.25) is 11.8 Å². The fourth-order valence-corrected chi connectivity index (χ4v) is 2.14. The van der Waals surface area contributed by atoms with Gasteiger partial charge in [0.15, 0.2) is 6.61 Å². The fraction of sp³-hybridized carbons (Fsp3) is 0.167. The molecule has 0 unspecified atom stereocenters. The molecule has 0 aliphatic carbocycles. The number of primary amides is 1. The van der Waals surface area contributed by atoms with Gasteiger partial charge in [-0.3, -0.25) is 14.4 Å². The minimum atomic E-state index is -0.541. The van der Waals surface area contributed by atoms with Crippen molar-refractivity contribution in [3.8, 4) is 11.5 Å². The summed E-state index contributed by atoms with van der Waals surface area (Å²) in [6.45, 7) is 1.14. The van der Waals surface area contributed by atoms with Crippen LogP contribution in [0.3, 0.4) is 0 Å². The normalized spacial score (nSPS) is 9.92. The molecule has 0 heterocycles. The first kappa shape index (κ1) is 18.8. The van der Waals surface area contributed by atoms with E-state index in [0.717, 1.165) is 0 Å². The number of benzene rings is 2. The van der Waals surface area contributed by atoms with Gasteiger partial charge < -0.3 is 25.8 Å². The summed E-state index contributed by atoms with van der Waals surface area (Å²) in [5.74, 6) is -0.319. The van der Waals surface area contributed by atoms with Crippen LogP contribution in [0.1, 0.15) is 17.3 Å². The molecule has 0 bridgehead atoms. The Balaban J connectivity index is 2.00. The van der Waals surface area contributed by atoms with Gasteiger partial charge in [-0.25, -0.2) is 0 Å². The van der Waals surface area contributed by atoms with Crippen LogP contribution in [0.25, 0.3) is 0 Å². The highest BCUT2D eigenvalue weighted by atomic mass is 16.5. The Morgan fingerprint density at radius 2 is 1.73 bits per heavy atom. The highest BCUT2D eigenvalue weighted by molar-refractivity contribution is 5.95. The van der Waals surface area contributed by atoms with Crippen molar-refractivity contribution in [1.29, 1.82) is 0 Å². The van der Waals surface area contributed by atoms with Gasteiger partial charge >= 0.3 is 0 Å². The van der Waals surface area contributed by atoms with Gasteiger partial charge in [-0.05, 0) is 42.5 Å². The minimum Gasteiger partial charge on any atom is -0.495 e. The number of hydrogen-bond donors (Lipinski definition) is 3. The van der Waals surface area contributed by atoms with Crippen molar-refractivity contribution in [3.05, 3.63) is 48.0 Å². The Labute approximate surface area is 150 Å². The third kappa shape index (κ3) is 5.23. The molecule has 0 saturated heterocycles.